The first-order valence-corrected chi connectivity index (χ1v) is 10.1. The average Bonchev–Trinajstić information content (AvgIpc) is 2.87. The molecule has 2 aromatic carbocycles. The molecule has 1 aliphatic heterocycles. The molecule has 0 bridgehead atoms. The molecule has 0 atom stereocenters. The molecule has 2 amide bonds. The number of hydrogen-bond donors (Lipinski definition) is 1. The Bertz CT molecular complexity index is 914. The van der Waals surface area contributed by atoms with E-state index in [4.69, 9.17) is 4.74 Å². The number of amides is 2. The Morgan fingerprint density at radius 1 is 1.27 bits per heavy atom. The first-order chi connectivity index (χ1) is 12.4. The molecule has 0 aliphatic carbocycles. The molecule has 1 saturated heterocycles. The lowest BCUT2D eigenvalue weighted by molar-refractivity contribution is -0.123. The molecule has 0 spiro atoms. The van der Waals surface area contributed by atoms with Gasteiger partial charge in [0.15, 0.2) is 11.5 Å². The van der Waals surface area contributed by atoms with Crippen molar-refractivity contribution in [2.24, 2.45) is 0 Å². The van der Waals surface area contributed by atoms with Gasteiger partial charge >= 0.3 is 0 Å². The fourth-order valence-electron chi connectivity index (χ4n) is 2.39. The van der Waals surface area contributed by atoms with Gasteiger partial charge in [-0.25, -0.2) is 0 Å². The van der Waals surface area contributed by atoms with Crippen molar-refractivity contribution < 1.29 is 19.4 Å². The van der Waals surface area contributed by atoms with Gasteiger partial charge in [-0.2, -0.15) is 0 Å². The number of thioether (sulfide) groups is 1. The van der Waals surface area contributed by atoms with Crippen LogP contribution in [0.25, 0.3) is 6.08 Å². The second-order valence-electron chi connectivity index (χ2n) is 5.45. The third kappa shape index (κ3) is 4.07. The van der Waals surface area contributed by atoms with E-state index in [0.29, 0.717) is 14.9 Å². The van der Waals surface area contributed by atoms with Crippen molar-refractivity contribution in [2.75, 3.05) is 7.11 Å². The minimum Gasteiger partial charge on any atom is -0.503 e. The lowest BCUT2D eigenvalue weighted by atomic mass is 10.1. The van der Waals surface area contributed by atoms with Gasteiger partial charge in [0, 0.05) is 3.57 Å². The second kappa shape index (κ2) is 8.01. The predicted octanol–water partition coefficient (Wildman–Crippen LogP) is 5.00. The van der Waals surface area contributed by atoms with Crippen LogP contribution in [0, 0.1) is 3.57 Å². The molecule has 26 heavy (non-hydrogen) atoms. The summed E-state index contributed by atoms with van der Waals surface area (Å²) in [7, 11) is 1.44. The first kappa shape index (κ1) is 19.2. The number of benzene rings is 2. The summed E-state index contributed by atoms with van der Waals surface area (Å²) in [5.74, 6) is -0.0677. The molecule has 1 aliphatic rings. The van der Waals surface area contributed by atoms with Crippen molar-refractivity contribution in [2.45, 2.75) is 6.54 Å². The average molecular weight is 546 g/mol. The van der Waals surface area contributed by atoms with Crippen LogP contribution in [0.3, 0.4) is 0 Å². The number of phenolic OH excluding ortho intramolecular Hbond substituents is 1. The van der Waals surface area contributed by atoms with Crippen molar-refractivity contribution in [1.82, 2.24) is 4.90 Å². The second-order valence-corrected chi connectivity index (χ2v) is 8.54. The van der Waals surface area contributed by atoms with Crippen molar-refractivity contribution >= 4 is 67.5 Å². The van der Waals surface area contributed by atoms with Gasteiger partial charge in [-0.3, -0.25) is 14.5 Å². The molecule has 0 aromatic heterocycles. The number of carbonyl (C=O) groups is 2. The topological polar surface area (TPSA) is 66.8 Å². The molecule has 1 heterocycles. The van der Waals surface area contributed by atoms with Crippen molar-refractivity contribution in [3.63, 3.8) is 0 Å². The van der Waals surface area contributed by atoms with E-state index in [0.717, 1.165) is 20.9 Å². The zero-order valence-electron chi connectivity index (χ0n) is 13.5. The predicted molar refractivity (Wildman–Crippen MR) is 113 cm³/mol. The number of methoxy groups -OCH3 is 1. The van der Waals surface area contributed by atoms with E-state index in [9.17, 15) is 14.7 Å². The number of nitrogens with zero attached hydrogens (tertiary/aromatic N) is 1. The number of phenols is 1. The molecule has 0 saturated carbocycles. The molecule has 0 unspecified atom stereocenters. The third-order valence-corrected chi connectivity index (χ3v) is 5.93. The van der Waals surface area contributed by atoms with Crippen molar-refractivity contribution in [1.29, 1.82) is 0 Å². The molecule has 2 aromatic rings. The van der Waals surface area contributed by atoms with Gasteiger partial charge in [-0.15, -0.1) is 0 Å². The largest absolute Gasteiger partial charge is 0.503 e. The van der Waals surface area contributed by atoms with E-state index in [1.165, 1.54) is 12.0 Å². The smallest absolute Gasteiger partial charge is 0.293 e. The van der Waals surface area contributed by atoms with Crippen LogP contribution in [0.1, 0.15) is 11.1 Å². The molecule has 0 radical (unpaired) electrons. The maximum absolute atomic E-state index is 12.6. The van der Waals surface area contributed by atoms with E-state index >= 15 is 0 Å². The third-order valence-electron chi connectivity index (χ3n) is 3.70. The quantitative estimate of drug-likeness (QED) is 0.432. The van der Waals surface area contributed by atoms with E-state index in [1.807, 2.05) is 24.3 Å². The molecule has 1 N–H and O–H groups in total. The highest BCUT2D eigenvalue weighted by atomic mass is 127. The summed E-state index contributed by atoms with van der Waals surface area (Å²) in [5.41, 5.74) is 1.54. The lowest BCUT2D eigenvalue weighted by Gasteiger charge is -2.12. The highest BCUT2D eigenvalue weighted by Gasteiger charge is 2.35. The summed E-state index contributed by atoms with van der Waals surface area (Å²) in [6.07, 6.45) is 1.62. The first-order valence-electron chi connectivity index (χ1n) is 7.45. The minimum absolute atomic E-state index is 0.0172. The van der Waals surface area contributed by atoms with Crippen LogP contribution in [-0.4, -0.2) is 28.3 Å². The Kier molecular flexibility index (Phi) is 5.93. The van der Waals surface area contributed by atoms with Crippen molar-refractivity contribution in [3.05, 3.63) is 60.5 Å². The Morgan fingerprint density at radius 3 is 2.62 bits per heavy atom. The maximum Gasteiger partial charge on any atom is 0.293 e. The van der Waals surface area contributed by atoms with Gasteiger partial charge in [0.25, 0.3) is 11.1 Å². The van der Waals surface area contributed by atoms with E-state index < -0.39 is 0 Å². The Balaban J connectivity index is 1.85. The van der Waals surface area contributed by atoms with Crippen molar-refractivity contribution in [3.8, 4) is 11.5 Å². The molecule has 5 nitrogen and oxygen atoms in total. The van der Waals surface area contributed by atoms with E-state index in [2.05, 4.69) is 38.5 Å². The number of ether oxygens (including phenoxy) is 1. The maximum atomic E-state index is 12.6. The number of hydrogen-bond acceptors (Lipinski definition) is 5. The van der Waals surface area contributed by atoms with Gasteiger partial charge in [0.2, 0.25) is 0 Å². The van der Waals surface area contributed by atoms with E-state index in [1.54, 1.807) is 18.2 Å². The molecular weight excluding hydrogens is 533 g/mol. The summed E-state index contributed by atoms with van der Waals surface area (Å²) < 4.78 is 6.65. The fourth-order valence-corrected chi connectivity index (χ4v) is 4.05. The standard InChI is InChI=1S/C18H13BrINO4S/c1-25-14-7-11(6-13(19)16(14)22)8-15-17(23)21(18(24)26-15)9-10-2-4-12(20)5-3-10/h2-8,22H,9H2,1H3/b15-8+. The van der Waals surface area contributed by atoms with Gasteiger partial charge in [0.1, 0.15) is 0 Å². The van der Waals surface area contributed by atoms with Crippen LogP contribution in [0.15, 0.2) is 45.8 Å². The zero-order valence-corrected chi connectivity index (χ0v) is 18.1. The fraction of sp³-hybridized carbons (Fsp3) is 0.111. The van der Waals surface area contributed by atoms with Gasteiger partial charge < -0.3 is 9.84 Å². The van der Waals surface area contributed by atoms with Crippen LogP contribution in [-0.2, 0) is 11.3 Å². The van der Waals surface area contributed by atoms with Crippen LogP contribution in [0.2, 0.25) is 0 Å². The molecular formula is C18H13BrINO4S. The highest BCUT2D eigenvalue weighted by molar-refractivity contribution is 14.1. The van der Waals surface area contributed by atoms with E-state index in [-0.39, 0.29) is 29.2 Å². The lowest BCUT2D eigenvalue weighted by Crippen LogP contribution is -2.27. The molecule has 1 fully saturated rings. The molecule has 3 rings (SSSR count). The summed E-state index contributed by atoms with van der Waals surface area (Å²) in [4.78, 5) is 26.4. The minimum atomic E-state index is -0.332. The monoisotopic (exact) mass is 545 g/mol. The van der Waals surface area contributed by atoms with Crippen LogP contribution in [0.4, 0.5) is 4.79 Å². The van der Waals surface area contributed by atoms with Gasteiger partial charge in [-0.1, -0.05) is 12.1 Å². The summed E-state index contributed by atoms with van der Waals surface area (Å²) in [6.45, 7) is 0.238. The number of aromatic hydroxyl groups is 1. The SMILES string of the molecule is COc1cc(/C=C2/SC(=O)N(Cc3ccc(I)cc3)C2=O)cc(Br)c1O. The van der Waals surface area contributed by atoms with Gasteiger partial charge in [0.05, 0.1) is 23.0 Å². The highest BCUT2D eigenvalue weighted by Crippen LogP contribution is 2.38. The summed E-state index contributed by atoms with van der Waals surface area (Å²) in [6, 6.07) is 10.9. The zero-order chi connectivity index (χ0) is 18.8. The molecule has 134 valence electrons. The van der Waals surface area contributed by atoms with Crippen LogP contribution < -0.4 is 4.74 Å². The summed E-state index contributed by atoms with van der Waals surface area (Å²) in [5, 5.41) is 9.57. The molecule has 8 heteroatoms. The normalized spacial score (nSPS) is 15.8. The summed E-state index contributed by atoms with van der Waals surface area (Å²) >= 11 is 6.35. The van der Waals surface area contributed by atoms with Gasteiger partial charge in [-0.05, 0) is 91.8 Å². The van der Waals surface area contributed by atoms with Crippen LogP contribution >= 0.6 is 50.3 Å². The number of carbonyl (C=O) groups excluding carboxylic acids is 2. The number of halogens is 2. The Morgan fingerprint density at radius 2 is 1.96 bits per heavy atom. The number of rotatable bonds is 4. The Hall–Kier alpha value is -1.52. The van der Waals surface area contributed by atoms with Crippen LogP contribution in [0.5, 0.6) is 11.5 Å². The number of imide groups is 1. The Labute approximate surface area is 176 Å².